The van der Waals surface area contributed by atoms with E-state index in [4.69, 9.17) is 23.6 Å². The van der Waals surface area contributed by atoms with Crippen molar-refractivity contribution in [2.24, 2.45) is 7.05 Å². The first-order valence-electron chi connectivity index (χ1n) is 13.0. The summed E-state index contributed by atoms with van der Waals surface area (Å²) in [6.07, 6.45) is 2.33. The fraction of sp³-hybridized carbons (Fsp3) is 0.414. The fourth-order valence-electron chi connectivity index (χ4n) is 5.58. The van der Waals surface area contributed by atoms with E-state index in [0.29, 0.717) is 49.0 Å². The molecule has 2 saturated heterocycles. The molecule has 2 aliphatic heterocycles. The van der Waals surface area contributed by atoms with Crippen molar-refractivity contribution < 1.29 is 18.6 Å². The normalized spacial score (nSPS) is 18.3. The number of nitriles is 1. The number of fused-ring (bicyclic) bond motifs is 2. The predicted octanol–water partition coefficient (Wildman–Crippen LogP) is 4.42. The lowest BCUT2D eigenvalue weighted by Gasteiger charge is -2.34. The zero-order chi connectivity index (χ0) is 26.4. The van der Waals surface area contributed by atoms with Crippen LogP contribution in [-0.4, -0.2) is 49.1 Å². The molecule has 0 aliphatic carbocycles. The monoisotopic (exact) mass is 514 g/mol. The number of pyridine rings is 1. The maximum absolute atomic E-state index is 13.3. The number of aryl methyl sites for hydroxylation is 2. The summed E-state index contributed by atoms with van der Waals surface area (Å²) >= 11 is 0. The summed E-state index contributed by atoms with van der Waals surface area (Å²) in [5, 5.41) is 10.8. The summed E-state index contributed by atoms with van der Waals surface area (Å²) in [4.78, 5) is 20.2. The molecule has 9 heteroatoms. The van der Waals surface area contributed by atoms with Crippen LogP contribution in [0.5, 0.6) is 11.5 Å². The van der Waals surface area contributed by atoms with Gasteiger partial charge in [0.15, 0.2) is 23.0 Å². The third-order valence-electron chi connectivity index (χ3n) is 7.67. The van der Waals surface area contributed by atoms with E-state index in [1.54, 1.807) is 14.2 Å². The lowest BCUT2D eigenvalue weighted by atomic mass is 9.95. The summed E-state index contributed by atoms with van der Waals surface area (Å²) in [5.74, 6) is 2.04. The Hall–Kier alpha value is -4.03. The van der Waals surface area contributed by atoms with Gasteiger partial charge in [0, 0.05) is 43.9 Å². The van der Waals surface area contributed by atoms with Crippen LogP contribution in [0.4, 0.5) is 5.69 Å². The second kappa shape index (κ2) is 9.69. The van der Waals surface area contributed by atoms with Crippen LogP contribution < -0.4 is 19.9 Å². The van der Waals surface area contributed by atoms with Gasteiger partial charge in [0.2, 0.25) is 0 Å². The van der Waals surface area contributed by atoms with Gasteiger partial charge in [-0.2, -0.15) is 5.26 Å². The molecule has 196 valence electrons. The van der Waals surface area contributed by atoms with Crippen LogP contribution in [0.1, 0.15) is 42.2 Å². The van der Waals surface area contributed by atoms with Crippen LogP contribution in [0.25, 0.3) is 22.0 Å². The minimum absolute atomic E-state index is 0.0639. The highest BCUT2D eigenvalue weighted by atomic mass is 16.6. The van der Waals surface area contributed by atoms with Crippen molar-refractivity contribution in [3.8, 4) is 17.6 Å². The molecular formula is C29H30N4O5. The topological polar surface area (TPSA) is 103 Å². The molecule has 2 aliphatic rings. The largest absolute Gasteiger partial charge is 0.493 e. The zero-order valence-electron chi connectivity index (χ0n) is 21.8. The molecule has 0 N–H and O–H groups in total. The van der Waals surface area contributed by atoms with E-state index >= 15 is 0 Å². The van der Waals surface area contributed by atoms with Crippen molar-refractivity contribution in [1.29, 1.82) is 5.26 Å². The Morgan fingerprint density at radius 2 is 1.95 bits per heavy atom. The molecule has 6 rings (SSSR count). The number of oxazole rings is 1. The molecule has 9 nitrogen and oxygen atoms in total. The minimum atomic E-state index is -0.327. The number of methoxy groups -OCH3 is 1. The molecule has 0 bridgehead atoms. The smallest absolute Gasteiger partial charge is 0.270 e. The number of benzene rings is 2. The maximum Gasteiger partial charge on any atom is 0.270 e. The SMILES string of the molecule is COc1cc2c(N3CCC(c4nc5cc(C)ccc5o4)CC3)c(C#N)c(=O)n(C)c2cc1O[C@@H]1CCOC1. The van der Waals surface area contributed by atoms with Gasteiger partial charge in [0.1, 0.15) is 23.3 Å². The maximum atomic E-state index is 13.3. The Morgan fingerprint density at radius 1 is 1.13 bits per heavy atom. The highest BCUT2D eigenvalue weighted by Gasteiger charge is 2.29. The van der Waals surface area contributed by atoms with Gasteiger partial charge >= 0.3 is 0 Å². The van der Waals surface area contributed by atoms with Gasteiger partial charge in [-0.1, -0.05) is 6.07 Å². The third-order valence-corrected chi connectivity index (χ3v) is 7.67. The van der Waals surface area contributed by atoms with Gasteiger partial charge in [-0.05, 0) is 43.5 Å². The second-order valence-electron chi connectivity index (χ2n) is 10.1. The van der Waals surface area contributed by atoms with E-state index in [-0.39, 0.29) is 23.1 Å². The zero-order valence-corrected chi connectivity index (χ0v) is 21.8. The summed E-state index contributed by atoms with van der Waals surface area (Å²) in [6, 6.07) is 11.9. The Balaban J connectivity index is 1.36. The van der Waals surface area contributed by atoms with Crippen LogP contribution in [0.3, 0.4) is 0 Å². The first kappa shape index (κ1) is 24.3. The molecule has 4 aromatic rings. The molecule has 0 unspecified atom stereocenters. The van der Waals surface area contributed by atoms with E-state index < -0.39 is 0 Å². The molecule has 0 saturated carbocycles. The average molecular weight is 515 g/mol. The van der Waals surface area contributed by atoms with E-state index in [1.165, 1.54) is 4.57 Å². The van der Waals surface area contributed by atoms with Crippen molar-refractivity contribution in [2.45, 2.75) is 38.2 Å². The van der Waals surface area contributed by atoms with Gasteiger partial charge in [-0.25, -0.2) is 4.98 Å². The lowest BCUT2D eigenvalue weighted by molar-refractivity contribution is 0.139. The average Bonchev–Trinajstić information content (AvgIpc) is 3.60. The molecule has 2 aromatic heterocycles. The molecule has 4 heterocycles. The number of piperidine rings is 1. The molecule has 0 radical (unpaired) electrons. The molecule has 2 aromatic carbocycles. The molecule has 0 spiro atoms. The number of nitrogens with zero attached hydrogens (tertiary/aromatic N) is 4. The Kier molecular flexibility index (Phi) is 6.20. The van der Waals surface area contributed by atoms with Gasteiger partial charge in [-0.3, -0.25) is 4.79 Å². The van der Waals surface area contributed by atoms with Crippen LogP contribution in [0, 0.1) is 18.3 Å². The van der Waals surface area contributed by atoms with Crippen molar-refractivity contribution >= 4 is 27.7 Å². The lowest BCUT2D eigenvalue weighted by Crippen LogP contribution is -2.36. The van der Waals surface area contributed by atoms with Crippen LogP contribution in [0.15, 0.2) is 39.5 Å². The van der Waals surface area contributed by atoms with E-state index in [1.807, 2.05) is 37.3 Å². The molecule has 38 heavy (non-hydrogen) atoms. The van der Waals surface area contributed by atoms with Gasteiger partial charge < -0.3 is 28.1 Å². The molecular weight excluding hydrogens is 484 g/mol. The number of rotatable bonds is 5. The number of ether oxygens (including phenoxy) is 3. The first-order valence-corrected chi connectivity index (χ1v) is 13.0. The van der Waals surface area contributed by atoms with Gasteiger partial charge in [0.25, 0.3) is 5.56 Å². The highest BCUT2D eigenvalue weighted by Crippen LogP contribution is 2.40. The van der Waals surface area contributed by atoms with Crippen LogP contribution in [-0.2, 0) is 11.8 Å². The molecule has 1 atom stereocenters. The second-order valence-corrected chi connectivity index (χ2v) is 10.1. The predicted molar refractivity (Wildman–Crippen MR) is 143 cm³/mol. The van der Waals surface area contributed by atoms with Crippen molar-refractivity contribution in [1.82, 2.24) is 9.55 Å². The summed E-state index contributed by atoms with van der Waals surface area (Å²) < 4.78 is 24.9. The number of hydrogen-bond acceptors (Lipinski definition) is 8. The first-order chi connectivity index (χ1) is 18.5. The highest BCUT2D eigenvalue weighted by molar-refractivity contribution is 5.97. The van der Waals surface area contributed by atoms with E-state index in [0.717, 1.165) is 47.2 Å². The van der Waals surface area contributed by atoms with Gasteiger partial charge in [-0.15, -0.1) is 0 Å². The standard InChI is InChI=1S/C29H30N4O5/c1-17-4-5-24-22(12-17)31-28(38-24)18-6-9-33(10-7-18)27-20-13-25(35-3)26(37-19-8-11-36-16-19)14-23(20)32(2)29(34)21(27)15-30/h4-5,12-14,18-19H,6-11,16H2,1-3H3/t19-/m1/s1. The van der Waals surface area contributed by atoms with Gasteiger partial charge in [0.05, 0.1) is 31.5 Å². The summed E-state index contributed by atoms with van der Waals surface area (Å²) in [5.41, 5.74) is 3.96. The Bertz CT molecular complexity index is 1620. The Labute approximate surface area is 220 Å². The molecule has 0 amide bonds. The van der Waals surface area contributed by atoms with E-state index in [9.17, 15) is 10.1 Å². The quantitative estimate of drug-likeness (QED) is 0.386. The van der Waals surface area contributed by atoms with Crippen molar-refractivity contribution in [3.63, 3.8) is 0 Å². The summed E-state index contributed by atoms with van der Waals surface area (Å²) in [6.45, 7) is 4.56. The third kappa shape index (κ3) is 4.15. The fourth-order valence-corrected chi connectivity index (χ4v) is 5.58. The summed E-state index contributed by atoms with van der Waals surface area (Å²) in [7, 11) is 3.28. The molecule has 2 fully saturated rings. The van der Waals surface area contributed by atoms with Crippen molar-refractivity contribution in [3.05, 3.63) is 57.7 Å². The van der Waals surface area contributed by atoms with Crippen molar-refractivity contribution in [2.75, 3.05) is 38.3 Å². The minimum Gasteiger partial charge on any atom is -0.493 e. The van der Waals surface area contributed by atoms with Crippen LogP contribution >= 0.6 is 0 Å². The number of aromatic nitrogens is 2. The van der Waals surface area contributed by atoms with E-state index in [2.05, 4.69) is 11.0 Å². The Morgan fingerprint density at radius 3 is 2.66 bits per heavy atom. The number of hydrogen-bond donors (Lipinski definition) is 0. The number of anilines is 1. The van der Waals surface area contributed by atoms with Crippen LogP contribution in [0.2, 0.25) is 0 Å².